The van der Waals surface area contributed by atoms with Gasteiger partial charge in [-0.05, 0) is 123 Å². The Hall–Kier alpha value is 0.0200. The number of unbranched alkanes of at least 4 members (excludes halogenated alkanes) is 27. The molecule has 0 aliphatic heterocycles. The van der Waals surface area contributed by atoms with Gasteiger partial charge in [0.1, 0.15) is 0 Å². The SMILES string of the molecule is CCCCCCCCCCCCCCCCSNCCCN(CCCNCCCNCCCCNCCCN)CCCNS(=O)(=O)CCCCCCCCCCCCCCCC. The molecular formula is C51H111N7O2S2. The van der Waals surface area contributed by atoms with Crippen LogP contribution in [0.2, 0.25) is 0 Å². The lowest BCUT2D eigenvalue weighted by molar-refractivity contribution is 0.264. The van der Waals surface area contributed by atoms with Crippen LogP contribution in [0.5, 0.6) is 0 Å². The molecule has 0 spiro atoms. The van der Waals surface area contributed by atoms with Crippen molar-refractivity contribution in [3.05, 3.63) is 0 Å². The molecule has 0 heterocycles. The van der Waals surface area contributed by atoms with Crippen LogP contribution in [0.25, 0.3) is 0 Å². The average Bonchev–Trinajstić information content (AvgIpc) is 3.27. The van der Waals surface area contributed by atoms with E-state index in [4.69, 9.17) is 5.73 Å². The normalized spacial score (nSPS) is 12.1. The summed E-state index contributed by atoms with van der Waals surface area (Å²) in [5, 5.41) is 10.7. The Morgan fingerprint density at radius 1 is 0.387 bits per heavy atom. The van der Waals surface area contributed by atoms with Gasteiger partial charge >= 0.3 is 0 Å². The molecular weight excluding hydrogens is 807 g/mol. The molecule has 0 radical (unpaired) electrons. The summed E-state index contributed by atoms with van der Waals surface area (Å²) in [4.78, 5) is 2.55. The van der Waals surface area contributed by atoms with Crippen LogP contribution in [0.3, 0.4) is 0 Å². The van der Waals surface area contributed by atoms with Crippen LogP contribution < -0.4 is 31.1 Å². The standard InChI is InChI=1S/C51H111N7O2S2/c1-3-5-7-9-11-13-15-17-19-21-23-25-27-31-50-61-56-45-36-48-58(47-35-44-55-43-34-42-54-40-30-29-39-53-41-33-38-52)49-37-46-57-62(59,60)51-32-28-26-24-22-20-18-16-14-12-10-8-6-4-2/h53-57H,3-52H2,1-2H3. The third-order valence-corrected chi connectivity index (χ3v) is 14.6. The molecule has 0 atom stereocenters. The zero-order valence-electron chi connectivity index (χ0n) is 41.8. The summed E-state index contributed by atoms with van der Waals surface area (Å²) in [6, 6.07) is 0. The molecule has 0 saturated carbocycles. The Labute approximate surface area is 393 Å². The van der Waals surface area contributed by atoms with Crippen molar-refractivity contribution in [2.45, 2.75) is 239 Å². The highest BCUT2D eigenvalue weighted by molar-refractivity contribution is 7.97. The van der Waals surface area contributed by atoms with Crippen LogP contribution in [-0.4, -0.2) is 103 Å². The molecule has 0 aliphatic carbocycles. The number of hydrogen-bond donors (Lipinski definition) is 6. The molecule has 0 bridgehead atoms. The van der Waals surface area contributed by atoms with Crippen molar-refractivity contribution < 1.29 is 8.42 Å². The fraction of sp³-hybridized carbons (Fsp3) is 1.00. The van der Waals surface area contributed by atoms with Gasteiger partial charge in [0.05, 0.1) is 5.75 Å². The molecule has 0 saturated heterocycles. The van der Waals surface area contributed by atoms with Crippen molar-refractivity contribution >= 4 is 22.0 Å². The van der Waals surface area contributed by atoms with Crippen molar-refractivity contribution in [2.24, 2.45) is 5.73 Å². The highest BCUT2D eigenvalue weighted by Gasteiger charge is 2.11. The van der Waals surface area contributed by atoms with Crippen LogP contribution in [0.15, 0.2) is 0 Å². The summed E-state index contributed by atoms with van der Waals surface area (Å²) in [5.74, 6) is 1.47. The van der Waals surface area contributed by atoms with E-state index in [-0.39, 0.29) is 5.75 Å². The molecule has 9 nitrogen and oxygen atoms in total. The first kappa shape index (κ1) is 62.0. The van der Waals surface area contributed by atoms with Crippen molar-refractivity contribution in [3.8, 4) is 0 Å². The van der Waals surface area contributed by atoms with E-state index in [9.17, 15) is 8.42 Å². The van der Waals surface area contributed by atoms with Gasteiger partial charge in [0.15, 0.2) is 0 Å². The van der Waals surface area contributed by atoms with Gasteiger partial charge in [-0.25, -0.2) is 13.1 Å². The number of hydrogen-bond acceptors (Lipinski definition) is 9. The Morgan fingerprint density at radius 2 is 0.742 bits per heavy atom. The van der Waals surface area contributed by atoms with Crippen LogP contribution in [0.4, 0.5) is 0 Å². The lowest BCUT2D eigenvalue weighted by atomic mass is 10.0. The van der Waals surface area contributed by atoms with Gasteiger partial charge in [-0.1, -0.05) is 193 Å². The quantitative estimate of drug-likeness (QED) is 0.0261. The maximum absolute atomic E-state index is 12.7. The molecule has 0 rings (SSSR count). The van der Waals surface area contributed by atoms with E-state index >= 15 is 0 Å². The number of rotatable bonds is 56. The molecule has 0 aromatic carbocycles. The molecule has 11 heteroatoms. The van der Waals surface area contributed by atoms with Crippen molar-refractivity contribution in [1.82, 2.24) is 30.3 Å². The molecule has 0 amide bonds. The second-order valence-electron chi connectivity index (χ2n) is 18.5. The van der Waals surface area contributed by atoms with Crippen LogP contribution >= 0.6 is 11.9 Å². The summed E-state index contributed by atoms with van der Waals surface area (Å²) < 4.78 is 32.0. The summed E-state index contributed by atoms with van der Waals surface area (Å²) in [5.41, 5.74) is 5.55. The predicted molar refractivity (Wildman–Crippen MR) is 279 cm³/mol. The minimum absolute atomic E-state index is 0.270. The van der Waals surface area contributed by atoms with Crippen LogP contribution in [0.1, 0.15) is 239 Å². The van der Waals surface area contributed by atoms with Gasteiger partial charge in [0.2, 0.25) is 10.0 Å². The van der Waals surface area contributed by atoms with E-state index < -0.39 is 10.0 Å². The van der Waals surface area contributed by atoms with E-state index in [1.54, 1.807) is 0 Å². The smallest absolute Gasteiger partial charge is 0.211 e. The topological polar surface area (TPSA) is 124 Å². The highest BCUT2D eigenvalue weighted by atomic mass is 32.2. The first-order chi connectivity index (χ1) is 30.6. The first-order valence-electron chi connectivity index (χ1n) is 27.4. The number of nitrogens with zero attached hydrogens (tertiary/aromatic N) is 1. The Balaban J connectivity index is 4.14. The largest absolute Gasteiger partial charge is 0.330 e. The lowest BCUT2D eigenvalue weighted by Crippen LogP contribution is -2.34. The van der Waals surface area contributed by atoms with Gasteiger partial charge in [0, 0.05) is 18.8 Å². The number of nitrogens with one attached hydrogen (secondary N) is 5. The molecule has 0 aliphatic rings. The third-order valence-electron chi connectivity index (χ3n) is 12.2. The van der Waals surface area contributed by atoms with Crippen molar-refractivity contribution in [2.75, 3.05) is 90.0 Å². The number of nitrogens with two attached hydrogens (primary N) is 1. The third kappa shape index (κ3) is 52.6. The number of sulfonamides is 1. The Bertz CT molecular complexity index is 934. The minimum Gasteiger partial charge on any atom is -0.330 e. The van der Waals surface area contributed by atoms with Gasteiger partial charge in [-0.2, -0.15) is 0 Å². The van der Waals surface area contributed by atoms with E-state index in [1.807, 2.05) is 11.9 Å². The van der Waals surface area contributed by atoms with Crippen LogP contribution in [0, 0.1) is 0 Å². The predicted octanol–water partition coefficient (Wildman–Crippen LogP) is 11.9. The second kappa shape index (κ2) is 53.6. The molecule has 0 fully saturated rings. The van der Waals surface area contributed by atoms with E-state index in [0.717, 1.165) is 123 Å². The molecule has 0 aromatic heterocycles. The molecule has 0 unspecified atom stereocenters. The minimum atomic E-state index is -3.19. The summed E-state index contributed by atoms with van der Waals surface area (Å²) in [7, 11) is -3.19. The Morgan fingerprint density at radius 3 is 1.19 bits per heavy atom. The fourth-order valence-corrected chi connectivity index (χ4v) is 10.1. The van der Waals surface area contributed by atoms with E-state index in [2.05, 4.69) is 44.1 Å². The lowest BCUT2D eigenvalue weighted by Gasteiger charge is -2.22. The maximum atomic E-state index is 12.7. The summed E-state index contributed by atoms with van der Waals surface area (Å²) >= 11 is 1.90. The maximum Gasteiger partial charge on any atom is 0.211 e. The highest BCUT2D eigenvalue weighted by Crippen LogP contribution is 2.15. The van der Waals surface area contributed by atoms with Crippen molar-refractivity contribution in [3.63, 3.8) is 0 Å². The van der Waals surface area contributed by atoms with Gasteiger partial charge in [0.25, 0.3) is 0 Å². The zero-order chi connectivity index (χ0) is 45.0. The molecule has 374 valence electrons. The van der Waals surface area contributed by atoms with E-state index in [0.29, 0.717) is 6.54 Å². The zero-order valence-corrected chi connectivity index (χ0v) is 43.4. The summed E-state index contributed by atoms with van der Waals surface area (Å²) in [6.45, 7) is 16.3. The molecule has 0 aromatic rings. The second-order valence-corrected chi connectivity index (χ2v) is 21.4. The molecule has 7 N–H and O–H groups in total. The monoisotopic (exact) mass is 918 g/mol. The van der Waals surface area contributed by atoms with E-state index in [1.165, 1.54) is 179 Å². The van der Waals surface area contributed by atoms with Gasteiger partial charge < -0.3 is 26.6 Å². The first-order valence-corrected chi connectivity index (χ1v) is 30.1. The summed E-state index contributed by atoms with van der Waals surface area (Å²) in [6.07, 6.45) is 45.4. The average molecular weight is 919 g/mol. The van der Waals surface area contributed by atoms with Gasteiger partial charge in [-0.3, -0.25) is 4.72 Å². The Kier molecular flexibility index (Phi) is 53.7. The molecule has 62 heavy (non-hydrogen) atoms. The fourth-order valence-electron chi connectivity index (χ4n) is 8.18. The van der Waals surface area contributed by atoms with Crippen LogP contribution in [-0.2, 0) is 10.0 Å². The van der Waals surface area contributed by atoms with Crippen molar-refractivity contribution in [1.29, 1.82) is 0 Å². The van der Waals surface area contributed by atoms with Gasteiger partial charge in [-0.15, -0.1) is 0 Å².